The Morgan fingerprint density at radius 3 is 2.38 bits per heavy atom. The van der Waals surface area contributed by atoms with Gasteiger partial charge in [0, 0.05) is 55.9 Å². The Kier molecular flexibility index (Phi) is 7.38. The number of carbonyl (C=O) groups is 2. The fourth-order valence-electron chi connectivity index (χ4n) is 5.25. The molecule has 2 heterocycles. The SMILES string of the molecule is COCCCCC1(CNC(=O)[C@H]2C[C@@H](N)CN(C(=O)O)C2)c2ccccc2Oc2ccccc21. The topological polar surface area (TPSA) is 114 Å². The van der Waals surface area contributed by atoms with Gasteiger partial charge in [0.25, 0.3) is 0 Å². The van der Waals surface area contributed by atoms with Gasteiger partial charge in [0.2, 0.25) is 5.91 Å². The lowest BCUT2D eigenvalue weighted by molar-refractivity contribution is -0.126. The highest BCUT2D eigenvalue weighted by Gasteiger charge is 2.42. The Hall–Kier alpha value is -3.10. The van der Waals surface area contributed by atoms with Crippen molar-refractivity contribution in [3.05, 3.63) is 59.7 Å². The molecule has 0 bridgehead atoms. The fourth-order valence-corrected chi connectivity index (χ4v) is 5.25. The molecule has 0 unspecified atom stereocenters. The van der Waals surface area contributed by atoms with Crippen molar-refractivity contribution in [3.63, 3.8) is 0 Å². The molecule has 2 atom stereocenters. The van der Waals surface area contributed by atoms with Crippen LogP contribution in [0.3, 0.4) is 0 Å². The van der Waals surface area contributed by atoms with Crippen LogP contribution in [0, 0.1) is 5.92 Å². The van der Waals surface area contributed by atoms with Crippen molar-refractivity contribution in [2.75, 3.05) is 33.4 Å². The molecule has 34 heavy (non-hydrogen) atoms. The van der Waals surface area contributed by atoms with E-state index in [9.17, 15) is 14.7 Å². The quantitative estimate of drug-likeness (QED) is 0.513. The van der Waals surface area contributed by atoms with E-state index in [1.807, 2.05) is 36.4 Å². The third-order valence-electron chi connectivity index (χ3n) is 6.92. The van der Waals surface area contributed by atoms with E-state index in [0.29, 0.717) is 19.6 Å². The average Bonchev–Trinajstić information content (AvgIpc) is 2.84. The summed E-state index contributed by atoms with van der Waals surface area (Å²) in [6, 6.07) is 15.6. The van der Waals surface area contributed by atoms with E-state index in [4.69, 9.17) is 15.2 Å². The van der Waals surface area contributed by atoms with Gasteiger partial charge in [-0.1, -0.05) is 36.4 Å². The summed E-state index contributed by atoms with van der Waals surface area (Å²) in [6.07, 6.45) is 2.04. The molecule has 0 saturated carbocycles. The predicted octanol–water partition coefficient (Wildman–Crippen LogP) is 3.34. The van der Waals surface area contributed by atoms with Crippen molar-refractivity contribution in [3.8, 4) is 11.5 Å². The number of methoxy groups -OCH3 is 1. The molecule has 0 aliphatic carbocycles. The maximum atomic E-state index is 13.3. The van der Waals surface area contributed by atoms with Gasteiger partial charge in [-0.3, -0.25) is 4.79 Å². The smallest absolute Gasteiger partial charge is 0.407 e. The van der Waals surface area contributed by atoms with Gasteiger partial charge in [0.1, 0.15) is 11.5 Å². The summed E-state index contributed by atoms with van der Waals surface area (Å²) in [5.74, 6) is 0.938. The van der Waals surface area contributed by atoms with Gasteiger partial charge in [-0.2, -0.15) is 0 Å². The van der Waals surface area contributed by atoms with Crippen molar-refractivity contribution in [1.29, 1.82) is 0 Å². The number of hydrogen-bond acceptors (Lipinski definition) is 5. The zero-order valence-electron chi connectivity index (χ0n) is 19.5. The minimum atomic E-state index is -1.05. The van der Waals surface area contributed by atoms with E-state index in [1.54, 1.807) is 7.11 Å². The summed E-state index contributed by atoms with van der Waals surface area (Å²) in [5, 5.41) is 12.6. The number of carboxylic acid groups (broad SMARTS) is 1. The molecule has 182 valence electrons. The number of nitrogens with zero attached hydrogens (tertiary/aromatic N) is 1. The Labute approximate surface area is 200 Å². The van der Waals surface area contributed by atoms with Gasteiger partial charge in [-0.15, -0.1) is 0 Å². The number of carbonyl (C=O) groups excluding carboxylic acids is 1. The first-order valence-electron chi connectivity index (χ1n) is 11.8. The number of piperidine rings is 1. The van der Waals surface area contributed by atoms with Crippen LogP contribution in [0.2, 0.25) is 0 Å². The summed E-state index contributed by atoms with van der Waals surface area (Å²) in [4.78, 5) is 26.0. The number of amides is 2. The second-order valence-electron chi connectivity index (χ2n) is 9.22. The first-order valence-corrected chi connectivity index (χ1v) is 11.8. The van der Waals surface area contributed by atoms with Crippen molar-refractivity contribution >= 4 is 12.0 Å². The van der Waals surface area contributed by atoms with Crippen LogP contribution in [-0.4, -0.2) is 61.4 Å². The second-order valence-corrected chi connectivity index (χ2v) is 9.22. The van der Waals surface area contributed by atoms with Gasteiger partial charge < -0.3 is 30.5 Å². The molecule has 1 fully saturated rings. The molecule has 0 aromatic heterocycles. The van der Waals surface area contributed by atoms with Crippen LogP contribution >= 0.6 is 0 Å². The van der Waals surface area contributed by atoms with E-state index in [-0.39, 0.29) is 25.0 Å². The number of rotatable bonds is 8. The Bertz CT molecular complexity index is 982. The molecule has 0 radical (unpaired) electrons. The molecule has 2 aromatic carbocycles. The molecule has 2 aromatic rings. The largest absolute Gasteiger partial charge is 0.465 e. The molecule has 2 aliphatic heterocycles. The van der Waals surface area contributed by atoms with Crippen molar-refractivity contribution in [1.82, 2.24) is 10.2 Å². The number of para-hydroxylation sites is 2. The third kappa shape index (κ3) is 4.88. The lowest BCUT2D eigenvalue weighted by Gasteiger charge is -2.41. The third-order valence-corrected chi connectivity index (χ3v) is 6.92. The molecule has 2 amide bonds. The van der Waals surface area contributed by atoms with Crippen LogP contribution in [0.1, 0.15) is 36.8 Å². The van der Waals surface area contributed by atoms with Crippen LogP contribution in [0.5, 0.6) is 11.5 Å². The molecule has 8 heteroatoms. The van der Waals surface area contributed by atoms with Gasteiger partial charge in [0.15, 0.2) is 0 Å². The minimum absolute atomic E-state index is 0.159. The molecular weight excluding hydrogens is 434 g/mol. The maximum absolute atomic E-state index is 13.3. The van der Waals surface area contributed by atoms with Crippen LogP contribution in [0.15, 0.2) is 48.5 Å². The number of benzene rings is 2. The number of fused-ring (bicyclic) bond motifs is 2. The summed E-state index contributed by atoms with van der Waals surface area (Å²) < 4.78 is 11.5. The lowest BCUT2D eigenvalue weighted by Crippen LogP contribution is -2.54. The second kappa shape index (κ2) is 10.4. The van der Waals surface area contributed by atoms with Crippen LogP contribution in [0.4, 0.5) is 4.79 Å². The van der Waals surface area contributed by atoms with Crippen LogP contribution in [0.25, 0.3) is 0 Å². The van der Waals surface area contributed by atoms with Crippen molar-refractivity contribution in [2.45, 2.75) is 37.1 Å². The first-order chi connectivity index (χ1) is 16.4. The number of nitrogens with two attached hydrogens (primary N) is 1. The summed E-state index contributed by atoms with van der Waals surface area (Å²) in [5.41, 5.74) is 7.67. The minimum Gasteiger partial charge on any atom is -0.465 e. The van der Waals surface area contributed by atoms with Gasteiger partial charge >= 0.3 is 6.09 Å². The number of unbranched alkanes of at least 4 members (excludes halogenated alkanes) is 1. The molecular formula is C26H33N3O5. The van der Waals surface area contributed by atoms with Gasteiger partial charge in [-0.05, 0) is 37.8 Å². The molecule has 4 N–H and O–H groups in total. The Morgan fingerprint density at radius 1 is 1.12 bits per heavy atom. The maximum Gasteiger partial charge on any atom is 0.407 e. The van der Waals surface area contributed by atoms with E-state index in [0.717, 1.165) is 41.9 Å². The lowest BCUT2D eigenvalue weighted by atomic mass is 9.69. The molecule has 0 spiro atoms. The Balaban J connectivity index is 1.62. The summed E-state index contributed by atoms with van der Waals surface area (Å²) in [6.45, 7) is 1.47. The van der Waals surface area contributed by atoms with E-state index >= 15 is 0 Å². The summed E-state index contributed by atoms with van der Waals surface area (Å²) >= 11 is 0. The number of hydrogen-bond donors (Lipinski definition) is 3. The standard InChI is InChI=1S/C26H33N3O5/c1-33-13-7-6-12-26(17-28-24(30)18-14-19(27)16-29(15-18)25(31)32)20-8-2-4-10-22(20)34-23-11-5-3-9-21(23)26/h2-5,8-11,18-19H,6-7,12-17,27H2,1H3,(H,28,30)(H,31,32)/t18-,19+/m0/s1. The number of nitrogens with one attached hydrogen (secondary N) is 1. The van der Waals surface area contributed by atoms with E-state index in [2.05, 4.69) is 17.4 Å². The van der Waals surface area contributed by atoms with Crippen molar-refractivity contribution in [2.24, 2.45) is 11.7 Å². The highest BCUT2D eigenvalue weighted by molar-refractivity contribution is 5.80. The Morgan fingerprint density at radius 2 is 1.76 bits per heavy atom. The van der Waals surface area contributed by atoms with Gasteiger partial charge in [-0.25, -0.2) is 4.79 Å². The summed E-state index contributed by atoms with van der Waals surface area (Å²) in [7, 11) is 1.70. The van der Waals surface area contributed by atoms with E-state index < -0.39 is 17.4 Å². The van der Waals surface area contributed by atoms with Crippen molar-refractivity contribution < 1.29 is 24.2 Å². The first kappa shape index (κ1) is 24.0. The van der Waals surface area contributed by atoms with Crippen LogP contribution in [-0.2, 0) is 14.9 Å². The highest BCUT2D eigenvalue weighted by atomic mass is 16.5. The zero-order chi connectivity index (χ0) is 24.1. The van der Waals surface area contributed by atoms with Gasteiger partial charge in [0.05, 0.1) is 5.92 Å². The zero-order valence-corrected chi connectivity index (χ0v) is 19.5. The molecule has 8 nitrogen and oxygen atoms in total. The number of ether oxygens (including phenoxy) is 2. The average molecular weight is 468 g/mol. The van der Waals surface area contributed by atoms with E-state index in [1.165, 1.54) is 4.90 Å². The number of likely N-dealkylation sites (tertiary alicyclic amines) is 1. The molecule has 4 rings (SSSR count). The van der Waals surface area contributed by atoms with Crippen LogP contribution < -0.4 is 15.8 Å². The normalized spacial score (nSPS) is 20.6. The monoisotopic (exact) mass is 467 g/mol. The molecule has 1 saturated heterocycles. The highest BCUT2D eigenvalue weighted by Crippen LogP contribution is 2.50. The molecule has 2 aliphatic rings. The fraction of sp³-hybridized carbons (Fsp3) is 0.462. The predicted molar refractivity (Wildman–Crippen MR) is 128 cm³/mol.